The molecule has 114 valence electrons. The summed E-state index contributed by atoms with van der Waals surface area (Å²) in [6.45, 7) is -1.14. The summed E-state index contributed by atoms with van der Waals surface area (Å²) in [4.78, 5) is 10.4. The minimum Gasteiger partial charge on any atom is -0.479 e. The summed E-state index contributed by atoms with van der Waals surface area (Å²) in [5, 5.41) is 73.6. The fourth-order valence-corrected chi connectivity index (χ4v) is 1.65. The van der Waals surface area contributed by atoms with Crippen molar-refractivity contribution >= 4 is 5.97 Å². The smallest absolute Gasteiger partial charge is 0.335 e. The highest BCUT2D eigenvalue weighted by Crippen LogP contribution is 2.24. The number of carbonyl (C=O) groups is 1. The van der Waals surface area contributed by atoms with Crippen LogP contribution < -0.4 is 0 Å². The second-order valence-corrected chi connectivity index (χ2v) is 4.26. The first-order chi connectivity index (χ1) is 8.71. The number of hydrogen-bond donors (Lipinski definition) is 8. The maximum atomic E-state index is 10.4. The van der Waals surface area contributed by atoms with E-state index < -0.39 is 62.0 Å². The minimum atomic E-state index is -2.35. The molecule has 0 amide bonds. The van der Waals surface area contributed by atoms with Gasteiger partial charge in [0.15, 0.2) is 6.10 Å². The third-order valence-electron chi connectivity index (χ3n) is 2.89. The summed E-state index contributed by atoms with van der Waals surface area (Å²) in [5.41, 5.74) is -2.12. The Morgan fingerprint density at radius 1 is 0.947 bits per heavy atom. The molecule has 0 saturated heterocycles. The van der Waals surface area contributed by atoms with Gasteiger partial charge in [0.2, 0.25) is 0 Å². The average molecular weight is 284 g/mol. The summed E-state index contributed by atoms with van der Waals surface area (Å²) in [6.07, 6.45) is -9.65. The second kappa shape index (κ2) is 7.70. The van der Waals surface area contributed by atoms with Gasteiger partial charge in [0.1, 0.15) is 18.3 Å². The summed E-state index contributed by atoms with van der Waals surface area (Å²) in [6, 6.07) is 0. The molecular weight excluding hydrogens is 264 g/mol. The molecule has 0 fully saturated rings. The van der Waals surface area contributed by atoms with Crippen molar-refractivity contribution in [2.45, 2.75) is 42.9 Å². The molecule has 0 aromatic rings. The lowest BCUT2D eigenvalue weighted by Crippen LogP contribution is -2.57. The lowest BCUT2D eigenvalue weighted by molar-refractivity contribution is -0.187. The molecule has 0 aliphatic carbocycles. The number of carboxylic acid groups (broad SMARTS) is 1. The van der Waals surface area contributed by atoms with Crippen LogP contribution in [0, 0.1) is 0 Å². The van der Waals surface area contributed by atoms with Crippen LogP contribution in [0.15, 0.2) is 0 Å². The van der Waals surface area contributed by atoms with Crippen LogP contribution in [0.3, 0.4) is 0 Å². The van der Waals surface area contributed by atoms with Crippen molar-refractivity contribution < 1.29 is 45.6 Å². The van der Waals surface area contributed by atoms with Gasteiger partial charge < -0.3 is 40.9 Å². The average Bonchev–Trinajstić information content (AvgIpc) is 2.35. The van der Waals surface area contributed by atoms with Gasteiger partial charge in [-0.25, -0.2) is 4.79 Å². The van der Waals surface area contributed by atoms with Crippen molar-refractivity contribution in [3.05, 3.63) is 0 Å². The summed E-state index contributed by atoms with van der Waals surface area (Å²) in [5.74, 6) is -1.81. The molecule has 4 atom stereocenters. The molecule has 0 bridgehead atoms. The molecule has 9 heteroatoms. The fourth-order valence-electron chi connectivity index (χ4n) is 1.65. The maximum Gasteiger partial charge on any atom is 0.335 e. The van der Waals surface area contributed by atoms with E-state index >= 15 is 0 Å². The lowest BCUT2D eigenvalue weighted by Gasteiger charge is -2.36. The van der Waals surface area contributed by atoms with Gasteiger partial charge in [-0.2, -0.15) is 0 Å². The molecule has 0 unspecified atom stereocenters. The van der Waals surface area contributed by atoms with Crippen molar-refractivity contribution in [2.24, 2.45) is 0 Å². The highest BCUT2D eigenvalue weighted by Gasteiger charge is 2.44. The molecule has 0 aromatic heterocycles. The maximum absolute atomic E-state index is 10.4. The summed E-state index contributed by atoms with van der Waals surface area (Å²) < 4.78 is 0. The second-order valence-electron chi connectivity index (χ2n) is 4.26. The first-order valence-corrected chi connectivity index (χ1v) is 5.60. The van der Waals surface area contributed by atoms with E-state index in [2.05, 4.69) is 0 Å². The Bertz CT molecular complexity index is 276. The van der Waals surface area contributed by atoms with Crippen LogP contribution in [-0.2, 0) is 4.79 Å². The van der Waals surface area contributed by atoms with Crippen molar-refractivity contribution in [1.29, 1.82) is 0 Å². The third-order valence-corrected chi connectivity index (χ3v) is 2.89. The van der Waals surface area contributed by atoms with Crippen molar-refractivity contribution in [1.82, 2.24) is 0 Å². The molecule has 0 heterocycles. The van der Waals surface area contributed by atoms with Gasteiger partial charge in [-0.3, -0.25) is 0 Å². The van der Waals surface area contributed by atoms with Crippen LogP contribution in [-0.4, -0.2) is 90.1 Å². The lowest BCUT2D eigenvalue weighted by atomic mass is 9.84. The predicted molar refractivity (Wildman–Crippen MR) is 60.0 cm³/mol. The number of rotatable bonds is 9. The number of aliphatic hydroxyl groups excluding tert-OH is 6. The first kappa shape index (κ1) is 18.2. The molecular formula is C10H20O9. The van der Waals surface area contributed by atoms with Gasteiger partial charge in [0.25, 0.3) is 0 Å². The predicted octanol–water partition coefficient (Wildman–Crippen LogP) is -3.99. The molecule has 0 rings (SSSR count). The molecule has 8 N–H and O–H groups in total. The van der Waals surface area contributed by atoms with Crippen molar-refractivity contribution in [3.63, 3.8) is 0 Å². The molecule has 9 nitrogen and oxygen atoms in total. The number of hydrogen-bond acceptors (Lipinski definition) is 8. The Balaban J connectivity index is 4.93. The van der Waals surface area contributed by atoms with Crippen LogP contribution in [0.4, 0.5) is 0 Å². The molecule has 19 heavy (non-hydrogen) atoms. The monoisotopic (exact) mass is 284 g/mol. The standard InChI is InChI=1S/C10H20O9/c11-3-1-10(19,2-4-12)8(16)6(14)5(13)7(15)9(17)18/h5-8,11-16,19H,1-4H2,(H,17,18)/t5-,6-,7+,8-/m0/s1. The van der Waals surface area contributed by atoms with E-state index in [1.807, 2.05) is 0 Å². The van der Waals surface area contributed by atoms with Crippen LogP contribution in [0.1, 0.15) is 12.8 Å². The van der Waals surface area contributed by atoms with Crippen LogP contribution in [0.2, 0.25) is 0 Å². The van der Waals surface area contributed by atoms with Gasteiger partial charge in [0.05, 0.1) is 5.60 Å². The van der Waals surface area contributed by atoms with E-state index in [4.69, 9.17) is 20.4 Å². The van der Waals surface area contributed by atoms with Gasteiger partial charge in [-0.05, 0) is 0 Å². The Kier molecular flexibility index (Phi) is 7.37. The van der Waals surface area contributed by atoms with Crippen molar-refractivity contribution in [2.75, 3.05) is 13.2 Å². The molecule has 0 saturated carbocycles. The van der Waals surface area contributed by atoms with Gasteiger partial charge in [-0.15, -0.1) is 0 Å². The van der Waals surface area contributed by atoms with E-state index in [9.17, 15) is 25.2 Å². The van der Waals surface area contributed by atoms with E-state index in [-0.39, 0.29) is 0 Å². The van der Waals surface area contributed by atoms with Crippen LogP contribution in [0.5, 0.6) is 0 Å². The van der Waals surface area contributed by atoms with E-state index in [1.54, 1.807) is 0 Å². The Hall–Kier alpha value is -0.810. The van der Waals surface area contributed by atoms with E-state index in [0.29, 0.717) is 0 Å². The third kappa shape index (κ3) is 4.66. The SMILES string of the molecule is O=C(O)[C@H](O)[C@@H](O)[C@H](O)[C@H](O)C(O)(CCO)CCO. The van der Waals surface area contributed by atoms with Gasteiger partial charge >= 0.3 is 5.97 Å². The Labute approximate surface area is 109 Å². The molecule has 0 aliphatic rings. The largest absolute Gasteiger partial charge is 0.479 e. The normalized spacial score (nSPS) is 18.7. The van der Waals surface area contributed by atoms with Crippen LogP contribution in [0.25, 0.3) is 0 Å². The van der Waals surface area contributed by atoms with Gasteiger partial charge in [-0.1, -0.05) is 0 Å². The summed E-state index contributed by atoms with van der Waals surface area (Å²) in [7, 11) is 0. The molecule has 0 aliphatic heterocycles. The highest BCUT2D eigenvalue weighted by atomic mass is 16.4. The zero-order valence-electron chi connectivity index (χ0n) is 10.1. The molecule has 0 spiro atoms. The van der Waals surface area contributed by atoms with Gasteiger partial charge in [0, 0.05) is 26.1 Å². The van der Waals surface area contributed by atoms with E-state index in [0.717, 1.165) is 0 Å². The Morgan fingerprint density at radius 3 is 1.68 bits per heavy atom. The molecule has 0 aromatic carbocycles. The minimum absolute atomic E-state index is 0.415. The number of carboxylic acids is 1. The quantitative estimate of drug-likeness (QED) is 0.209. The number of aliphatic hydroxyl groups is 7. The Morgan fingerprint density at radius 2 is 1.37 bits per heavy atom. The van der Waals surface area contributed by atoms with E-state index in [1.165, 1.54) is 0 Å². The first-order valence-electron chi connectivity index (χ1n) is 5.60. The number of aliphatic carboxylic acids is 1. The fraction of sp³-hybridized carbons (Fsp3) is 0.900. The molecule has 0 radical (unpaired) electrons. The topological polar surface area (TPSA) is 179 Å². The summed E-state index contributed by atoms with van der Waals surface area (Å²) >= 11 is 0. The zero-order chi connectivity index (χ0) is 15.2. The highest BCUT2D eigenvalue weighted by molar-refractivity contribution is 5.72. The van der Waals surface area contributed by atoms with Crippen LogP contribution >= 0.6 is 0 Å². The zero-order valence-corrected chi connectivity index (χ0v) is 10.1. The van der Waals surface area contributed by atoms with Crippen molar-refractivity contribution in [3.8, 4) is 0 Å².